The molecule has 0 spiro atoms. The van der Waals surface area contributed by atoms with E-state index in [-0.39, 0.29) is 6.61 Å². The zero-order chi connectivity index (χ0) is 14.4. The molecule has 3 N–H and O–H groups in total. The lowest BCUT2D eigenvalue weighted by Crippen LogP contribution is -2.21. The quantitative estimate of drug-likeness (QED) is 0.588. The van der Waals surface area contributed by atoms with E-state index in [9.17, 15) is 0 Å². The van der Waals surface area contributed by atoms with Crippen LogP contribution in [0.5, 0.6) is 5.75 Å². The van der Waals surface area contributed by atoms with E-state index in [4.69, 9.17) is 20.3 Å². The van der Waals surface area contributed by atoms with Crippen molar-refractivity contribution in [3.05, 3.63) is 23.3 Å². The molecule has 20 heavy (non-hydrogen) atoms. The fourth-order valence-electron chi connectivity index (χ4n) is 2.48. The number of rotatable bonds is 7. The van der Waals surface area contributed by atoms with Gasteiger partial charge in [0.05, 0.1) is 6.61 Å². The molecule has 5 heteroatoms. The number of nitrogen functional groups attached to an aromatic ring is 1. The number of fused-ring (bicyclic) bond motifs is 1. The molecule has 5 nitrogen and oxygen atoms in total. The van der Waals surface area contributed by atoms with Crippen molar-refractivity contribution in [3.8, 4) is 5.75 Å². The van der Waals surface area contributed by atoms with Gasteiger partial charge in [-0.25, -0.2) is 0 Å². The Morgan fingerprint density at radius 1 is 1.30 bits per heavy atom. The summed E-state index contributed by atoms with van der Waals surface area (Å²) < 4.78 is 10.9. The Bertz CT molecular complexity index is 437. The van der Waals surface area contributed by atoms with Gasteiger partial charge in [0, 0.05) is 30.0 Å². The van der Waals surface area contributed by atoms with Gasteiger partial charge in [-0.2, -0.15) is 0 Å². The van der Waals surface area contributed by atoms with Gasteiger partial charge in [0.25, 0.3) is 0 Å². The summed E-state index contributed by atoms with van der Waals surface area (Å²) in [6.45, 7) is 2.96. The molecule has 1 heterocycles. The number of anilines is 1. The second kappa shape index (κ2) is 7.47. The molecule has 0 unspecified atom stereocenters. The molecule has 112 valence electrons. The molecule has 0 aliphatic carbocycles. The maximum atomic E-state index is 8.77. The second-order valence-corrected chi connectivity index (χ2v) is 5.30. The summed E-state index contributed by atoms with van der Waals surface area (Å²) >= 11 is 0. The molecule has 0 aromatic heterocycles. The third-order valence-corrected chi connectivity index (χ3v) is 3.45. The molecule has 0 bridgehead atoms. The van der Waals surface area contributed by atoms with Crippen molar-refractivity contribution < 1.29 is 14.6 Å². The van der Waals surface area contributed by atoms with Crippen molar-refractivity contribution in [2.75, 3.05) is 32.7 Å². The molecule has 0 fully saturated rings. The molecule has 0 saturated heterocycles. The highest BCUT2D eigenvalue weighted by molar-refractivity contribution is 5.53. The third kappa shape index (κ3) is 4.10. The van der Waals surface area contributed by atoms with Gasteiger partial charge >= 0.3 is 0 Å². The van der Waals surface area contributed by atoms with Crippen molar-refractivity contribution in [1.29, 1.82) is 0 Å². The Morgan fingerprint density at radius 2 is 2.15 bits per heavy atom. The molecule has 0 radical (unpaired) electrons. The summed E-state index contributed by atoms with van der Waals surface area (Å²) in [7, 11) is 2.09. The Kier molecular flexibility index (Phi) is 5.64. The van der Waals surface area contributed by atoms with Crippen LogP contribution in [-0.4, -0.2) is 37.0 Å². The van der Waals surface area contributed by atoms with Crippen LogP contribution < -0.4 is 10.5 Å². The average Bonchev–Trinajstić information content (AvgIpc) is 2.43. The highest BCUT2D eigenvalue weighted by Crippen LogP contribution is 2.31. The molecular formula is C15H24N2O3. The highest BCUT2D eigenvalue weighted by Gasteiger charge is 2.17. The number of hydrogen-bond donors (Lipinski definition) is 2. The SMILES string of the molecule is CN(CCCCCO)Cc1cc(N)cc2c1OCOC2. The summed E-state index contributed by atoms with van der Waals surface area (Å²) in [5, 5.41) is 8.77. The number of hydrogen-bond acceptors (Lipinski definition) is 5. The number of nitrogens with zero attached hydrogens (tertiary/aromatic N) is 1. The van der Waals surface area contributed by atoms with E-state index in [1.165, 1.54) is 0 Å². The van der Waals surface area contributed by atoms with Crippen molar-refractivity contribution >= 4 is 5.69 Å². The zero-order valence-corrected chi connectivity index (χ0v) is 12.1. The van der Waals surface area contributed by atoms with Crippen LogP contribution in [0.15, 0.2) is 12.1 Å². The molecule has 1 aromatic rings. The lowest BCUT2D eigenvalue weighted by molar-refractivity contribution is -0.0173. The number of nitrogens with two attached hydrogens (primary N) is 1. The van der Waals surface area contributed by atoms with Crippen molar-refractivity contribution in [2.24, 2.45) is 0 Å². The Hall–Kier alpha value is -1.30. The van der Waals surface area contributed by atoms with Gasteiger partial charge in [0.2, 0.25) is 0 Å². The van der Waals surface area contributed by atoms with E-state index in [1.54, 1.807) is 0 Å². The van der Waals surface area contributed by atoms with Crippen LogP contribution in [0.1, 0.15) is 30.4 Å². The van der Waals surface area contributed by atoms with Crippen molar-refractivity contribution in [3.63, 3.8) is 0 Å². The van der Waals surface area contributed by atoms with E-state index in [0.29, 0.717) is 13.4 Å². The average molecular weight is 280 g/mol. The van der Waals surface area contributed by atoms with Gasteiger partial charge in [-0.05, 0) is 45.0 Å². The fourth-order valence-corrected chi connectivity index (χ4v) is 2.48. The Morgan fingerprint density at radius 3 is 2.95 bits per heavy atom. The molecule has 1 aromatic carbocycles. The van der Waals surface area contributed by atoms with Gasteiger partial charge < -0.3 is 25.2 Å². The number of benzene rings is 1. The van der Waals surface area contributed by atoms with Gasteiger partial charge in [0.15, 0.2) is 6.79 Å². The molecule has 2 rings (SSSR count). The van der Waals surface area contributed by atoms with Gasteiger partial charge in [-0.15, -0.1) is 0 Å². The van der Waals surface area contributed by atoms with Gasteiger partial charge in [-0.1, -0.05) is 0 Å². The molecular weight excluding hydrogens is 256 g/mol. The van der Waals surface area contributed by atoms with E-state index in [0.717, 1.165) is 54.9 Å². The van der Waals surface area contributed by atoms with Crippen LogP contribution in [0.3, 0.4) is 0 Å². The minimum Gasteiger partial charge on any atom is -0.467 e. The number of ether oxygens (including phenoxy) is 2. The topological polar surface area (TPSA) is 68.0 Å². The molecule has 1 aliphatic rings. The Labute approximate surface area is 120 Å². The smallest absolute Gasteiger partial charge is 0.189 e. The van der Waals surface area contributed by atoms with E-state index in [2.05, 4.69) is 11.9 Å². The summed E-state index contributed by atoms with van der Waals surface area (Å²) in [6, 6.07) is 3.90. The maximum Gasteiger partial charge on any atom is 0.189 e. The molecule has 1 aliphatic heterocycles. The zero-order valence-electron chi connectivity index (χ0n) is 12.1. The predicted molar refractivity (Wildman–Crippen MR) is 78.4 cm³/mol. The van der Waals surface area contributed by atoms with Gasteiger partial charge in [-0.3, -0.25) is 0 Å². The minimum absolute atomic E-state index is 0.278. The number of aliphatic hydroxyl groups excluding tert-OH is 1. The van der Waals surface area contributed by atoms with Crippen LogP contribution in [0.2, 0.25) is 0 Å². The normalized spacial score (nSPS) is 14.2. The first kappa shape index (κ1) is 15.1. The first-order valence-corrected chi connectivity index (χ1v) is 7.12. The molecule has 0 saturated carbocycles. The minimum atomic E-state index is 0.278. The van der Waals surface area contributed by atoms with E-state index < -0.39 is 0 Å². The molecule has 0 amide bonds. The second-order valence-electron chi connectivity index (χ2n) is 5.30. The van der Waals surface area contributed by atoms with Crippen molar-refractivity contribution in [2.45, 2.75) is 32.4 Å². The first-order valence-electron chi connectivity index (χ1n) is 7.12. The largest absolute Gasteiger partial charge is 0.467 e. The fraction of sp³-hybridized carbons (Fsp3) is 0.600. The first-order chi connectivity index (χ1) is 9.70. The van der Waals surface area contributed by atoms with Crippen LogP contribution >= 0.6 is 0 Å². The van der Waals surface area contributed by atoms with Crippen LogP contribution in [0.4, 0.5) is 5.69 Å². The maximum absolute atomic E-state index is 8.77. The van der Waals surface area contributed by atoms with Crippen molar-refractivity contribution in [1.82, 2.24) is 4.90 Å². The Balaban J connectivity index is 1.96. The number of aliphatic hydroxyl groups is 1. The van der Waals surface area contributed by atoms with Crippen LogP contribution in [0, 0.1) is 0 Å². The summed E-state index contributed by atoms with van der Waals surface area (Å²) in [5.74, 6) is 0.924. The summed E-state index contributed by atoms with van der Waals surface area (Å²) in [4.78, 5) is 2.26. The lowest BCUT2D eigenvalue weighted by Gasteiger charge is -2.24. The lowest BCUT2D eigenvalue weighted by atomic mass is 10.1. The van der Waals surface area contributed by atoms with Gasteiger partial charge in [0.1, 0.15) is 5.75 Å². The number of unbranched alkanes of at least 4 members (excludes halogenated alkanes) is 2. The monoisotopic (exact) mass is 280 g/mol. The highest BCUT2D eigenvalue weighted by atomic mass is 16.7. The summed E-state index contributed by atoms with van der Waals surface area (Å²) in [6.07, 6.45) is 3.02. The van der Waals surface area contributed by atoms with E-state index >= 15 is 0 Å². The predicted octanol–water partition coefficient (Wildman–Crippen LogP) is 1.73. The van der Waals surface area contributed by atoms with E-state index in [1.807, 2.05) is 12.1 Å². The summed E-state index contributed by atoms with van der Waals surface area (Å²) in [5.41, 5.74) is 8.84. The standard InChI is InChI=1S/C15H24N2O3/c1-17(5-3-2-4-6-18)9-12-7-14(16)8-13-10-19-11-20-15(12)13/h7-8,18H,2-6,9-11,16H2,1H3. The van der Waals surface area contributed by atoms with Crippen LogP contribution in [0.25, 0.3) is 0 Å². The molecule has 0 atom stereocenters. The third-order valence-electron chi connectivity index (χ3n) is 3.45. The van der Waals surface area contributed by atoms with Crippen LogP contribution in [-0.2, 0) is 17.9 Å².